The van der Waals surface area contributed by atoms with Gasteiger partial charge in [0, 0.05) is 19.5 Å². The van der Waals surface area contributed by atoms with Gasteiger partial charge in [-0.2, -0.15) is 4.98 Å². The Morgan fingerprint density at radius 3 is 2.44 bits per heavy atom. The highest BCUT2D eigenvalue weighted by Crippen LogP contribution is 2.17. The molecule has 0 aliphatic carbocycles. The minimum Gasteiger partial charge on any atom is -0.323 e. The Morgan fingerprint density at radius 2 is 1.89 bits per heavy atom. The van der Waals surface area contributed by atoms with Crippen LogP contribution in [0.25, 0.3) is 0 Å². The van der Waals surface area contributed by atoms with Crippen molar-refractivity contribution in [3.63, 3.8) is 0 Å². The van der Waals surface area contributed by atoms with Gasteiger partial charge < -0.3 is 9.42 Å². The molecule has 4 heteroatoms. The van der Waals surface area contributed by atoms with Crippen LogP contribution in [0.4, 0.5) is 6.01 Å². The van der Waals surface area contributed by atoms with Gasteiger partial charge in [0.1, 0.15) is 0 Å². The molecule has 0 unspecified atom stereocenters. The third kappa shape index (κ3) is 2.88. The van der Waals surface area contributed by atoms with Crippen molar-refractivity contribution in [3.05, 3.63) is 41.2 Å². The highest BCUT2D eigenvalue weighted by atomic mass is 16.5. The first kappa shape index (κ1) is 12.6. The standard InChI is InChI=1S/C14H19N3O/c1-10(2)13-15-14(18-16-13)17(4)9-12-7-5-11(3)6-8-12/h5-8,10H,9H2,1-4H3. The van der Waals surface area contributed by atoms with Crippen LogP contribution in [0.5, 0.6) is 0 Å². The third-order valence-corrected chi connectivity index (χ3v) is 2.81. The Hall–Kier alpha value is -1.84. The fraction of sp³-hybridized carbons (Fsp3) is 0.429. The predicted octanol–water partition coefficient (Wildman–Crippen LogP) is 3.14. The van der Waals surface area contributed by atoms with Gasteiger partial charge in [0.2, 0.25) is 0 Å². The van der Waals surface area contributed by atoms with E-state index in [4.69, 9.17) is 4.52 Å². The number of anilines is 1. The van der Waals surface area contributed by atoms with E-state index in [1.165, 1.54) is 11.1 Å². The Morgan fingerprint density at radius 1 is 1.22 bits per heavy atom. The predicted molar refractivity (Wildman–Crippen MR) is 71.7 cm³/mol. The SMILES string of the molecule is Cc1ccc(CN(C)c2nc(C(C)C)no2)cc1. The summed E-state index contributed by atoms with van der Waals surface area (Å²) < 4.78 is 5.25. The molecule has 2 aromatic rings. The summed E-state index contributed by atoms with van der Waals surface area (Å²) in [5.41, 5.74) is 2.49. The molecule has 0 bridgehead atoms. The second-order valence-corrected chi connectivity index (χ2v) is 4.93. The molecule has 4 nitrogen and oxygen atoms in total. The third-order valence-electron chi connectivity index (χ3n) is 2.81. The van der Waals surface area contributed by atoms with E-state index in [0.29, 0.717) is 6.01 Å². The molecule has 2 rings (SSSR count). The van der Waals surface area contributed by atoms with Crippen molar-refractivity contribution < 1.29 is 4.52 Å². The number of nitrogens with zero attached hydrogens (tertiary/aromatic N) is 3. The molecule has 18 heavy (non-hydrogen) atoms. The molecule has 0 spiro atoms. The summed E-state index contributed by atoms with van der Waals surface area (Å²) >= 11 is 0. The van der Waals surface area contributed by atoms with Crippen molar-refractivity contribution in [1.29, 1.82) is 0 Å². The molecule has 0 aliphatic heterocycles. The van der Waals surface area contributed by atoms with Crippen LogP contribution in [0.1, 0.15) is 36.7 Å². The normalized spacial score (nSPS) is 10.9. The molecule has 0 amide bonds. The van der Waals surface area contributed by atoms with E-state index in [0.717, 1.165) is 12.4 Å². The number of hydrogen-bond donors (Lipinski definition) is 0. The molecule has 0 aliphatic rings. The summed E-state index contributed by atoms with van der Waals surface area (Å²) in [6, 6.07) is 9.02. The maximum atomic E-state index is 5.25. The molecule has 0 saturated carbocycles. The lowest BCUT2D eigenvalue weighted by Gasteiger charge is -2.13. The quantitative estimate of drug-likeness (QED) is 0.830. The van der Waals surface area contributed by atoms with Crippen LogP contribution in [-0.4, -0.2) is 17.2 Å². The monoisotopic (exact) mass is 245 g/mol. The summed E-state index contributed by atoms with van der Waals surface area (Å²) in [4.78, 5) is 6.33. The number of rotatable bonds is 4. The van der Waals surface area contributed by atoms with Crippen molar-refractivity contribution in [2.24, 2.45) is 0 Å². The molecule has 0 N–H and O–H groups in total. The molecule has 0 saturated heterocycles. The minimum absolute atomic E-state index is 0.287. The maximum Gasteiger partial charge on any atom is 0.324 e. The Kier molecular flexibility index (Phi) is 3.65. The van der Waals surface area contributed by atoms with Crippen LogP contribution in [0.15, 0.2) is 28.8 Å². The van der Waals surface area contributed by atoms with Crippen molar-refractivity contribution in [1.82, 2.24) is 10.1 Å². The van der Waals surface area contributed by atoms with Gasteiger partial charge in [0.15, 0.2) is 5.82 Å². The van der Waals surface area contributed by atoms with Crippen molar-refractivity contribution in [2.75, 3.05) is 11.9 Å². The Balaban J connectivity index is 2.06. The van der Waals surface area contributed by atoms with Gasteiger partial charge in [-0.3, -0.25) is 0 Å². The molecule has 0 fully saturated rings. The van der Waals surface area contributed by atoms with E-state index in [2.05, 4.69) is 55.2 Å². The topological polar surface area (TPSA) is 42.2 Å². The lowest BCUT2D eigenvalue weighted by atomic mass is 10.1. The van der Waals surface area contributed by atoms with Gasteiger partial charge in [-0.15, -0.1) is 0 Å². The number of benzene rings is 1. The first-order valence-electron chi connectivity index (χ1n) is 6.16. The average molecular weight is 245 g/mol. The average Bonchev–Trinajstić information content (AvgIpc) is 2.81. The van der Waals surface area contributed by atoms with Crippen LogP contribution in [0.2, 0.25) is 0 Å². The number of aromatic nitrogens is 2. The zero-order chi connectivity index (χ0) is 13.1. The number of aryl methyl sites for hydroxylation is 1. The van der Waals surface area contributed by atoms with E-state index in [1.54, 1.807) is 0 Å². The maximum absolute atomic E-state index is 5.25. The molecule has 1 aromatic carbocycles. The molecule has 1 aromatic heterocycles. The van der Waals surface area contributed by atoms with E-state index >= 15 is 0 Å². The van der Waals surface area contributed by atoms with Crippen LogP contribution in [0, 0.1) is 6.92 Å². The molecular formula is C14H19N3O. The first-order valence-corrected chi connectivity index (χ1v) is 6.16. The second kappa shape index (κ2) is 5.21. The van der Waals surface area contributed by atoms with E-state index < -0.39 is 0 Å². The lowest BCUT2D eigenvalue weighted by molar-refractivity contribution is 0.407. The van der Waals surface area contributed by atoms with Crippen LogP contribution in [-0.2, 0) is 6.54 Å². The first-order chi connectivity index (χ1) is 8.56. The van der Waals surface area contributed by atoms with E-state index in [-0.39, 0.29) is 5.92 Å². The molecule has 0 atom stereocenters. The second-order valence-electron chi connectivity index (χ2n) is 4.93. The summed E-state index contributed by atoms with van der Waals surface area (Å²) in [6.07, 6.45) is 0. The fourth-order valence-electron chi connectivity index (χ4n) is 1.65. The summed E-state index contributed by atoms with van der Waals surface area (Å²) in [5, 5.41) is 3.96. The summed E-state index contributed by atoms with van der Waals surface area (Å²) in [5.74, 6) is 1.04. The summed E-state index contributed by atoms with van der Waals surface area (Å²) in [7, 11) is 1.96. The highest BCUT2D eigenvalue weighted by molar-refractivity contribution is 5.29. The van der Waals surface area contributed by atoms with E-state index in [9.17, 15) is 0 Å². The van der Waals surface area contributed by atoms with Gasteiger partial charge >= 0.3 is 6.01 Å². The van der Waals surface area contributed by atoms with Crippen LogP contribution < -0.4 is 4.90 Å². The zero-order valence-corrected chi connectivity index (χ0v) is 11.3. The van der Waals surface area contributed by atoms with E-state index in [1.807, 2.05) is 11.9 Å². The zero-order valence-electron chi connectivity index (χ0n) is 11.3. The summed E-state index contributed by atoms with van der Waals surface area (Å²) in [6.45, 7) is 6.95. The largest absolute Gasteiger partial charge is 0.324 e. The van der Waals surface area contributed by atoms with Gasteiger partial charge in [0.25, 0.3) is 0 Å². The van der Waals surface area contributed by atoms with Gasteiger partial charge in [0.05, 0.1) is 0 Å². The Labute approximate surface area is 108 Å². The van der Waals surface area contributed by atoms with Crippen molar-refractivity contribution >= 4 is 6.01 Å². The minimum atomic E-state index is 0.287. The molecule has 0 radical (unpaired) electrons. The van der Waals surface area contributed by atoms with Gasteiger partial charge in [-0.1, -0.05) is 48.8 Å². The molecule has 96 valence electrons. The lowest BCUT2D eigenvalue weighted by Crippen LogP contribution is -2.16. The highest BCUT2D eigenvalue weighted by Gasteiger charge is 2.13. The Bertz CT molecular complexity index is 502. The molecular weight excluding hydrogens is 226 g/mol. The smallest absolute Gasteiger partial charge is 0.323 e. The van der Waals surface area contributed by atoms with Gasteiger partial charge in [-0.05, 0) is 12.5 Å². The van der Waals surface area contributed by atoms with Gasteiger partial charge in [-0.25, -0.2) is 0 Å². The van der Waals surface area contributed by atoms with Crippen LogP contribution in [0.3, 0.4) is 0 Å². The van der Waals surface area contributed by atoms with Crippen molar-refractivity contribution in [2.45, 2.75) is 33.2 Å². The fourth-order valence-corrected chi connectivity index (χ4v) is 1.65. The van der Waals surface area contributed by atoms with Crippen molar-refractivity contribution in [3.8, 4) is 0 Å². The number of hydrogen-bond acceptors (Lipinski definition) is 4. The molecule has 1 heterocycles. The van der Waals surface area contributed by atoms with Crippen LogP contribution >= 0.6 is 0 Å².